The van der Waals surface area contributed by atoms with Crippen LogP contribution in [0, 0.1) is 17.2 Å². The maximum Gasteiger partial charge on any atom is 0.326 e. The van der Waals surface area contributed by atoms with Crippen LogP contribution in [-0.2, 0) is 131 Å². The van der Waals surface area contributed by atoms with Gasteiger partial charge in [0, 0.05) is 49.9 Å². The van der Waals surface area contributed by atoms with Crippen molar-refractivity contribution in [3.63, 3.8) is 0 Å². The summed E-state index contributed by atoms with van der Waals surface area (Å²) in [5.74, 6) is -38.1. The summed E-state index contributed by atoms with van der Waals surface area (Å²) in [7, 11) is 0. The van der Waals surface area contributed by atoms with Gasteiger partial charge in [-0.25, -0.2) is 9.78 Å². The Hall–Kier alpha value is -14.7. The SMILES string of the molecule is CC[C@H](C)[C@H](NC(=O)[C@H](CCCCN)NC(=O)[C@H](CCC(=O)O)NC(=O)[C@H](CCSC)NC(=O)[C@@H](NC(=O)[C@H](Cc1cnc[nH]1)NC(=O)[C@H](CCCCN)NC(=O)[C@H](CCC(=O)O)NC(=O)[C@@H](N)CS)[C@@H](C)CC)C(=O)N[C@@H](CCC(N)=O)C(=O)NCC(=O)N[C@@H](CCCNC(=N)N)C(=O)NCC(=O)N[C@@H](CC(=O)O)C(=O)N[C@@H](CC(=O)O)C(=O)N[C@@H](CC(=O)O)C(=O)N[C@@H](CC(=O)O)C(=O)N[C@@H](CC(=O)O)C(=O)O. The normalized spacial score (nSPS) is 14.7. The van der Waals surface area contributed by atoms with E-state index < -0.39 is 352 Å². The van der Waals surface area contributed by atoms with Crippen LogP contribution in [0.15, 0.2) is 12.5 Å². The minimum absolute atomic E-state index is 0.0548. The number of unbranched alkanes of at least 4 members (excludes halogenated alkanes) is 2. The third kappa shape index (κ3) is 52.2. The molecule has 0 aromatic carbocycles. The van der Waals surface area contributed by atoms with Gasteiger partial charge in [-0.2, -0.15) is 24.4 Å². The minimum atomic E-state index is -2.42. The Morgan fingerprint density at radius 3 is 1.02 bits per heavy atom. The molecular weight excluding hydrogens is 1970 g/mol. The van der Waals surface area contributed by atoms with Crippen molar-refractivity contribution in [1.29, 1.82) is 5.41 Å². The Bertz CT molecular complexity index is 4650. The molecule has 60 nitrogen and oxygen atoms in total. The number of carbonyl (C=O) groups excluding carboxylic acids is 18. The molecule has 812 valence electrons. The molecular formula is C83H134N26O34S2. The number of guanidine groups is 1. The van der Waals surface area contributed by atoms with Gasteiger partial charge in [-0.1, -0.05) is 40.5 Å². The summed E-state index contributed by atoms with van der Waals surface area (Å²) in [5, 5.41) is 124. The zero-order valence-corrected chi connectivity index (χ0v) is 81.9. The van der Waals surface area contributed by atoms with E-state index >= 15 is 0 Å². The number of hydrogen-bond donors (Lipinski definition) is 34. The van der Waals surface area contributed by atoms with Crippen molar-refractivity contribution in [3.05, 3.63) is 18.2 Å². The van der Waals surface area contributed by atoms with Crippen molar-refractivity contribution in [3.8, 4) is 0 Å². The van der Waals surface area contributed by atoms with Gasteiger partial charge in [0.1, 0.15) is 90.6 Å². The van der Waals surface area contributed by atoms with Crippen LogP contribution in [0.3, 0.4) is 0 Å². The Kier molecular flexibility index (Phi) is 60.6. The third-order valence-electron chi connectivity index (χ3n) is 21.5. The fourth-order valence-electron chi connectivity index (χ4n) is 13.2. The van der Waals surface area contributed by atoms with Gasteiger partial charge in [0.25, 0.3) is 0 Å². The van der Waals surface area contributed by atoms with Gasteiger partial charge in [0.15, 0.2) is 5.96 Å². The van der Waals surface area contributed by atoms with E-state index in [9.17, 15) is 160 Å². The number of aliphatic carboxylic acids is 8. The number of rotatable bonds is 76. The van der Waals surface area contributed by atoms with Gasteiger partial charge in [-0.15, -0.1) is 0 Å². The number of H-pyrrole nitrogens is 1. The summed E-state index contributed by atoms with van der Waals surface area (Å²) in [5.41, 5.74) is 28.5. The number of aromatic nitrogens is 2. The first-order valence-electron chi connectivity index (χ1n) is 45.6. The summed E-state index contributed by atoms with van der Waals surface area (Å²) < 4.78 is 0. The van der Waals surface area contributed by atoms with Crippen LogP contribution < -0.4 is 124 Å². The van der Waals surface area contributed by atoms with E-state index in [2.05, 4.69) is 91.7 Å². The molecule has 0 saturated heterocycles. The zero-order chi connectivity index (χ0) is 110. The monoisotopic (exact) mass is 2100 g/mol. The number of primary amides is 1. The second kappa shape index (κ2) is 68.5. The maximum atomic E-state index is 14.8. The quantitative estimate of drug-likeness (QED) is 0.0125. The molecule has 0 bridgehead atoms. The molecule has 0 aliphatic rings. The van der Waals surface area contributed by atoms with Crippen LogP contribution in [0.5, 0.6) is 0 Å². The van der Waals surface area contributed by atoms with Crippen molar-refractivity contribution < 1.29 is 166 Å². The van der Waals surface area contributed by atoms with Crippen LogP contribution in [0.4, 0.5) is 0 Å². The Morgan fingerprint density at radius 1 is 0.372 bits per heavy atom. The van der Waals surface area contributed by atoms with Crippen molar-refractivity contribution in [2.45, 2.75) is 272 Å². The molecule has 0 fully saturated rings. The van der Waals surface area contributed by atoms with E-state index in [1.54, 1.807) is 48.3 Å². The second-order valence-corrected chi connectivity index (χ2v) is 34.5. The summed E-state index contributed by atoms with van der Waals surface area (Å²) in [4.78, 5) is 352. The lowest BCUT2D eigenvalue weighted by atomic mass is 9.96. The Balaban J connectivity index is 3.70. The van der Waals surface area contributed by atoms with Crippen LogP contribution in [0.1, 0.15) is 175 Å². The number of nitrogens with zero attached hydrogens (tertiary/aromatic N) is 1. The molecule has 0 aliphatic heterocycles. The lowest BCUT2D eigenvalue weighted by molar-refractivity contribution is -0.148. The first-order chi connectivity index (χ1) is 68.1. The number of amides is 18. The molecule has 145 heavy (non-hydrogen) atoms. The first kappa shape index (κ1) is 128. The fourth-order valence-corrected chi connectivity index (χ4v) is 13.9. The standard InChI is InChI=1S/C83H134N26O34S2/c1-6-38(3)65(108-74(134)44(14-9-11-24-85)99-72(132)47(18-21-59(115)116)100-73(133)48(22-26-145-5)102-81(141)66(39(4)7-2)109-79(139)49(27-40-33-90-37-94-40)103-70(130)43(13-8-10-23-84)98-71(131)46(17-20-58(113)114)97-67(127)41(86)36-144)80(140)101-45(16-19-55(87)110)69(129)93-34-56(111)95-42(15-12-25-91-83(88)89)68(128)92-35-57(112)96-50(28-60(117)118)75(135)104-51(29-61(119)120)76(136)105-52(30-62(121)122)77(137)106-53(31-63(123)124)78(138)107-54(82(142)143)32-64(125)126/h33,37-39,41-54,65-66,144H,6-32,34-36,84-86H2,1-5H3,(H2,87,110)(H,90,94)(H,92,128)(H,93,129)(H,95,111)(H,96,112)(H,97,127)(H,98,131)(H,99,132)(H,100,133)(H,101,140)(H,102,141)(H,103,130)(H,104,135)(H,105,136)(H,106,137)(H,107,138)(H,108,134)(H,109,139)(H,113,114)(H,115,116)(H,117,118)(H,119,120)(H,121,122)(H,123,124)(H,125,126)(H,142,143)(H4,88,89,91)/t38-,39-,41-,42-,43-,44-,45-,46-,47-,48-,49-,50-,51-,52-,53-,54-,65-,66-/m0/s1. The average molecular weight is 2100 g/mol. The smallest absolute Gasteiger partial charge is 0.326 e. The largest absolute Gasteiger partial charge is 0.481 e. The number of carboxylic acid groups (broad SMARTS) is 8. The summed E-state index contributed by atoms with van der Waals surface area (Å²) in [6, 6.07) is -29.1. The van der Waals surface area contributed by atoms with E-state index in [0.29, 0.717) is 12.1 Å². The predicted octanol–water partition coefficient (Wildman–Crippen LogP) is -11.5. The molecule has 38 N–H and O–H groups in total. The van der Waals surface area contributed by atoms with Gasteiger partial charge in [0.05, 0.1) is 57.6 Å². The number of hydrogen-bond acceptors (Lipinski definition) is 33. The van der Waals surface area contributed by atoms with Gasteiger partial charge in [-0.05, 0) is 114 Å². The molecule has 0 radical (unpaired) electrons. The van der Waals surface area contributed by atoms with Crippen molar-refractivity contribution >= 4 is 184 Å². The van der Waals surface area contributed by atoms with Gasteiger partial charge in [-0.3, -0.25) is 125 Å². The van der Waals surface area contributed by atoms with Crippen LogP contribution >= 0.6 is 24.4 Å². The summed E-state index contributed by atoms with van der Waals surface area (Å²) in [6.07, 6.45) is -6.45. The number of carbonyl (C=O) groups is 26. The topological polar surface area (TPSA) is 1000 Å². The minimum Gasteiger partial charge on any atom is -0.481 e. The number of thiol groups is 1. The number of thioether (sulfide) groups is 1. The second-order valence-electron chi connectivity index (χ2n) is 33.2. The van der Waals surface area contributed by atoms with E-state index in [1.807, 2.05) is 5.32 Å². The van der Waals surface area contributed by atoms with Gasteiger partial charge in [0.2, 0.25) is 106 Å². The highest BCUT2D eigenvalue weighted by atomic mass is 32.2. The molecule has 0 unspecified atom stereocenters. The third-order valence-corrected chi connectivity index (χ3v) is 22.6. The molecule has 1 rings (SSSR count). The van der Waals surface area contributed by atoms with E-state index in [1.165, 1.54) is 31.2 Å². The maximum absolute atomic E-state index is 14.8. The first-order valence-corrected chi connectivity index (χ1v) is 47.6. The molecule has 1 aromatic heterocycles. The Labute approximate surface area is 838 Å². The number of nitrogens with two attached hydrogens (primary N) is 5. The summed E-state index contributed by atoms with van der Waals surface area (Å²) >= 11 is 5.22. The van der Waals surface area contributed by atoms with E-state index in [0.717, 1.165) is 0 Å². The molecule has 18 amide bonds. The fraction of sp³-hybridized carbons (Fsp3) is 0.639. The highest BCUT2D eigenvalue weighted by Gasteiger charge is 2.42. The molecule has 1 heterocycles. The van der Waals surface area contributed by atoms with Crippen molar-refractivity contribution in [1.82, 2.24) is 106 Å². The molecule has 62 heteroatoms. The van der Waals surface area contributed by atoms with Crippen LogP contribution in [-0.4, -0.2) is 358 Å². The molecule has 18 atom stereocenters. The number of nitrogens with one attached hydrogen (secondary N) is 20. The highest BCUT2D eigenvalue weighted by Crippen LogP contribution is 2.18. The van der Waals surface area contributed by atoms with Gasteiger partial charge >= 0.3 is 47.8 Å². The number of aromatic amines is 1. The Morgan fingerprint density at radius 2 is 0.676 bits per heavy atom. The number of carboxylic acids is 8. The summed E-state index contributed by atoms with van der Waals surface area (Å²) in [6.45, 7) is 4.15. The van der Waals surface area contributed by atoms with E-state index in [-0.39, 0.29) is 102 Å². The lowest BCUT2D eigenvalue weighted by Gasteiger charge is -2.30. The van der Waals surface area contributed by atoms with Crippen molar-refractivity contribution in [2.75, 3.05) is 50.5 Å². The highest BCUT2D eigenvalue weighted by molar-refractivity contribution is 7.98. The lowest BCUT2D eigenvalue weighted by Crippen LogP contribution is -2.62. The van der Waals surface area contributed by atoms with Gasteiger partial charge < -0.3 is 170 Å². The number of imidazole rings is 1. The van der Waals surface area contributed by atoms with Crippen LogP contribution in [0.2, 0.25) is 0 Å². The van der Waals surface area contributed by atoms with E-state index in [4.69, 9.17) is 39.2 Å². The predicted molar refractivity (Wildman–Crippen MR) is 507 cm³/mol. The zero-order valence-electron chi connectivity index (χ0n) is 80.1. The van der Waals surface area contributed by atoms with Crippen molar-refractivity contribution in [2.24, 2.45) is 40.5 Å². The molecule has 0 saturated carbocycles. The molecule has 0 spiro atoms. The molecule has 0 aliphatic carbocycles. The average Bonchev–Trinajstić information content (AvgIpc) is 0.981. The van der Waals surface area contributed by atoms with Crippen LogP contribution in [0.25, 0.3) is 0 Å². The molecule has 1 aromatic rings.